The number of pyridine rings is 1. The number of piperidine rings is 1. The number of aliphatic carboxylic acids is 1. The fourth-order valence-electron chi connectivity index (χ4n) is 2.71. The Kier molecular flexibility index (Phi) is 5.30. The van der Waals surface area contributed by atoms with Gasteiger partial charge in [-0.25, -0.2) is 9.78 Å². The van der Waals surface area contributed by atoms with Gasteiger partial charge in [0.15, 0.2) is 0 Å². The van der Waals surface area contributed by atoms with Crippen molar-refractivity contribution in [1.29, 1.82) is 0 Å². The van der Waals surface area contributed by atoms with Crippen LogP contribution in [0.3, 0.4) is 0 Å². The minimum absolute atomic E-state index is 0.0392. The van der Waals surface area contributed by atoms with Crippen molar-refractivity contribution >= 4 is 12.0 Å². The van der Waals surface area contributed by atoms with Crippen LogP contribution in [-0.4, -0.2) is 40.1 Å². The zero-order chi connectivity index (χ0) is 17.9. The van der Waals surface area contributed by atoms with E-state index in [9.17, 15) is 22.8 Å². The molecular formula is C15H18F3N3O3. The van der Waals surface area contributed by atoms with Gasteiger partial charge in [-0.1, -0.05) is 13.0 Å². The Balaban J connectivity index is 1.97. The summed E-state index contributed by atoms with van der Waals surface area (Å²) >= 11 is 0. The lowest BCUT2D eigenvalue weighted by molar-refractivity contribution is -0.144. The molecule has 1 aliphatic heterocycles. The molecule has 0 radical (unpaired) electrons. The molecule has 0 saturated carbocycles. The number of rotatable bonds is 3. The van der Waals surface area contributed by atoms with Gasteiger partial charge in [0.1, 0.15) is 5.69 Å². The highest BCUT2D eigenvalue weighted by Crippen LogP contribution is 2.27. The van der Waals surface area contributed by atoms with E-state index >= 15 is 0 Å². The molecule has 1 aromatic rings. The number of hydrogen-bond acceptors (Lipinski definition) is 3. The summed E-state index contributed by atoms with van der Waals surface area (Å²) in [5, 5.41) is 11.6. The maximum Gasteiger partial charge on any atom is 0.433 e. The van der Waals surface area contributed by atoms with Gasteiger partial charge < -0.3 is 15.3 Å². The Labute approximate surface area is 136 Å². The number of hydrogen-bond donors (Lipinski definition) is 2. The van der Waals surface area contributed by atoms with Crippen LogP contribution in [-0.2, 0) is 17.5 Å². The molecule has 1 aromatic heterocycles. The van der Waals surface area contributed by atoms with Crippen LogP contribution in [0.4, 0.5) is 18.0 Å². The molecule has 2 heterocycles. The predicted molar refractivity (Wildman–Crippen MR) is 78.0 cm³/mol. The number of nitrogens with zero attached hydrogens (tertiary/aromatic N) is 2. The summed E-state index contributed by atoms with van der Waals surface area (Å²) in [6.07, 6.45) is -4.05. The fraction of sp³-hybridized carbons (Fsp3) is 0.533. The molecule has 132 valence electrons. The molecule has 2 unspecified atom stereocenters. The van der Waals surface area contributed by atoms with Gasteiger partial charge in [0.2, 0.25) is 0 Å². The van der Waals surface area contributed by atoms with Gasteiger partial charge >= 0.3 is 18.2 Å². The summed E-state index contributed by atoms with van der Waals surface area (Å²) in [4.78, 5) is 28.1. The van der Waals surface area contributed by atoms with Crippen LogP contribution in [0, 0.1) is 11.8 Å². The summed E-state index contributed by atoms with van der Waals surface area (Å²) in [5.74, 6) is -1.55. The molecule has 0 bridgehead atoms. The number of carboxylic acid groups (broad SMARTS) is 1. The molecule has 1 fully saturated rings. The Morgan fingerprint density at radius 3 is 2.71 bits per heavy atom. The fourth-order valence-corrected chi connectivity index (χ4v) is 2.71. The van der Waals surface area contributed by atoms with Gasteiger partial charge in [-0.3, -0.25) is 4.79 Å². The monoisotopic (exact) mass is 345 g/mol. The third-order valence-corrected chi connectivity index (χ3v) is 3.81. The van der Waals surface area contributed by atoms with Crippen LogP contribution in [0.15, 0.2) is 18.2 Å². The van der Waals surface area contributed by atoms with Gasteiger partial charge in [-0.2, -0.15) is 13.2 Å². The molecule has 2 atom stereocenters. The molecule has 1 aliphatic rings. The first-order chi connectivity index (χ1) is 11.2. The molecule has 2 amide bonds. The summed E-state index contributed by atoms with van der Waals surface area (Å²) in [5.41, 5.74) is -0.940. The maximum atomic E-state index is 12.6. The van der Waals surface area contributed by atoms with Crippen molar-refractivity contribution in [3.8, 4) is 0 Å². The number of urea groups is 1. The Morgan fingerprint density at radius 2 is 2.08 bits per heavy atom. The molecule has 1 saturated heterocycles. The molecule has 24 heavy (non-hydrogen) atoms. The van der Waals surface area contributed by atoms with Crippen molar-refractivity contribution in [2.45, 2.75) is 26.1 Å². The van der Waals surface area contributed by atoms with E-state index in [1.807, 2.05) is 6.92 Å². The van der Waals surface area contributed by atoms with Crippen molar-refractivity contribution in [2.75, 3.05) is 13.1 Å². The van der Waals surface area contributed by atoms with E-state index in [0.717, 1.165) is 6.07 Å². The number of amides is 2. The Morgan fingerprint density at radius 1 is 1.38 bits per heavy atom. The van der Waals surface area contributed by atoms with Gasteiger partial charge in [-0.05, 0) is 24.5 Å². The molecule has 6 nitrogen and oxygen atoms in total. The highest BCUT2D eigenvalue weighted by atomic mass is 19.4. The van der Waals surface area contributed by atoms with Gasteiger partial charge in [0.05, 0.1) is 18.2 Å². The lowest BCUT2D eigenvalue weighted by atomic mass is 9.91. The zero-order valence-corrected chi connectivity index (χ0v) is 13.0. The number of likely N-dealkylation sites (tertiary alicyclic amines) is 1. The van der Waals surface area contributed by atoms with Crippen molar-refractivity contribution in [3.63, 3.8) is 0 Å². The van der Waals surface area contributed by atoms with E-state index in [2.05, 4.69) is 10.3 Å². The van der Waals surface area contributed by atoms with Crippen LogP contribution in [0.2, 0.25) is 0 Å². The zero-order valence-electron chi connectivity index (χ0n) is 13.0. The normalized spacial score (nSPS) is 21.4. The topological polar surface area (TPSA) is 82.5 Å². The van der Waals surface area contributed by atoms with Crippen LogP contribution in [0.1, 0.15) is 24.7 Å². The minimum atomic E-state index is -4.54. The van der Waals surface area contributed by atoms with Crippen molar-refractivity contribution in [3.05, 3.63) is 29.6 Å². The number of aromatic nitrogens is 1. The Bertz CT molecular complexity index is 621. The SMILES string of the molecule is CC1CC(C(=O)O)CN(C(=O)NCc2cccc(C(F)(F)F)n2)C1. The standard InChI is InChI=1S/C15H18F3N3O3/c1-9-5-10(13(22)23)8-21(7-9)14(24)19-6-11-3-2-4-12(20-11)15(16,17)18/h2-4,9-10H,5-8H2,1H3,(H,19,24)(H,22,23). The predicted octanol–water partition coefficient (Wildman–Crippen LogP) is 2.35. The van der Waals surface area contributed by atoms with Crippen LogP contribution in [0.5, 0.6) is 0 Å². The van der Waals surface area contributed by atoms with E-state index in [1.54, 1.807) is 0 Å². The molecule has 0 spiro atoms. The van der Waals surface area contributed by atoms with E-state index in [1.165, 1.54) is 17.0 Å². The Hall–Kier alpha value is -2.32. The average molecular weight is 345 g/mol. The molecule has 0 aromatic carbocycles. The molecular weight excluding hydrogens is 327 g/mol. The van der Waals surface area contributed by atoms with Gasteiger partial charge in [0.25, 0.3) is 0 Å². The average Bonchev–Trinajstić information content (AvgIpc) is 2.51. The van der Waals surface area contributed by atoms with E-state index in [4.69, 9.17) is 5.11 Å². The lowest BCUT2D eigenvalue weighted by Crippen LogP contribution is -2.49. The van der Waals surface area contributed by atoms with Crippen LogP contribution in [0.25, 0.3) is 0 Å². The lowest BCUT2D eigenvalue weighted by Gasteiger charge is -2.34. The highest BCUT2D eigenvalue weighted by molar-refractivity contribution is 5.76. The van der Waals surface area contributed by atoms with Gasteiger partial charge in [-0.15, -0.1) is 0 Å². The number of halogens is 3. The number of carbonyl (C=O) groups excluding carboxylic acids is 1. The highest BCUT2D eigenvalue weighted by Gasteiger charge is 2.33. The number of nitrogens with one attached hydrogen (secondary N) is 1. The van der Waals surface area contributed by atoms with E-state index in [0.29, 0.717) is 13.0 Å². The van der Waals surface area contributed by atoms with Crippen LogP contribution < -0.4 is 5.32 Å². The first-order valence-electron chi connectivity index (χ1n) is 7.45. The molecule has 2 N–H and O–H groups in total. The molecule has 9 heteroatoms. The largest absolute Gasteiger partial charge is 0.481 e. The second-order valence-electron chi connectivity index (χ2n) is 5.95. The second kappa shape index (κ2) is 7.06. The summed E-state index contributed by atoms with van der Waals surface area (Å²) in [6, 6.07) is 2.96. The smallest absolute Gasteiger partial charge is 0.433 e. The van der Waals surface area contributed by atoms with Gasteiger partial charge in [0, 0.05) is 13.1 Å². The van der Waals surface area contributed by atoms with Crippen LogP contribution >= 0.6 is 0 Å². The quantitative estimate of drug-likeness (QED) is 0.881. The molecule has 0 aliphatic carbocycles. The first-order valence-corrected chi connectivity index (χ1v) is 7.45. The molecule has 2 rings (SSSR count). The third-order valence-electron chi connectivity index (χ3n) is 3.81. The van der Waals surface area contributed by atoms with Crippen molar-refractivity contribution < 1.29 is 27.9 Å². The summed E-state index contributed by atoms with van der Waals surface area (Å²) in [7, 11) is 0. The minimum Gasteiger partial charge on any atom is -0.481 e. The van der Waals surface area contributed by atoms with Crippen molar-refractivity contribution in [2.24, 2.45) is 11.8 Å². The van der Waals surface area contributed by atoms with E-state index in [-0.39, 0.29) is 24.7 Å². The summed E-state index contributed by atoms with van der Waals surface area (Å²) in [6.45, 7) is 2.18. The number of alkyl halides is 3. The number of carbonyl (C=O) groups is 2. The third kappa shape index (κ3) is 4.59. The summed E-state index contributed by atoms with van der Waals surface area (Å²) < 4.78 is 37.8. The number of carboxylic acids is 1. The second-order valence-corrected chi connectivity index (χ2v) is 5.95. The van der Waals surface area contributed by atoms with Crippen molar-refractivity contribution in [1.82, 2.24) is 15.2 Å². The first kappa shape index (κ1) is 18.0. The van der Waals surface area contributed by atoms with E-state index < -0.39 is 29.8 Å². The maximum absolute atomic E-state index is 12.6.